The average Bonchev–Trinajstić information content (AvgIpc) is 1.61. The van der Waals surface area contributed by atoms with E-state index in [0.717, 1.165) is 12.0 Å². The van der Waals surface area contributed by atoms with Gasteiger partial charge in [-0.05, 0) is 132 Å². The number of ether oxygens (including phenoxy) is 11. The molecule has 5 heterocycles. The van der Waals surface area contributed by atoms with Gasteiger partial charge in [0.1, 0.15) is 0 Å². The first-order chi connectivity index (χ1) is 50.9. The minimum atomic E-state index is -1.07. The molecule has 0 radical (unpaired) electrons. The maximum Gasteiger partial charge on any atom is 0.335 e. The Morgan fingerprint density at radius 1 is 0.317 bits per heavy atom. The van der Waals surface area contributed by atoms with Crippen molar-refractivity contribution < 1.29 is 91.4 Å². The van der Waals surface area contributed by atoms with Crippen molar-refractivity contribution >= 4 is 76.1 Å². The molecule has 0 spiro atoms. The Morgan fingerprint density at radius 2 is 0.587 bits per heavy atom. The van der Waals surface area contributed by atoms with Crippen molar-refractivity contribution in [1.29, 1.82) is 0 Å². The smallest absolute Gasteiger partial charge is 0.335 e. The number of aromatic carboxylic acids is 3. The summed E-state index contributed by atoms with van der Waals surface area (Å²) in [6.45, 7) is 11.4. The third kappa shape index (κ3) is 24.8. The van der Waals surface area contributed by atoms with Crippen LogP contribution in [0.2, 0.25) is 0 Å². The number of aromatic nitrogens is 4. The Labute approximate surface area is 602 Å². The van der Waals surface area contributed by atoms with Crippen LogP contribution in [0.15, 0.2) is 121 Å². The molecule has 9 N–H and O–H groups in total. The number of nitrogens with two attached hydrogens (primary N) is 1. The fourth-order valence-electron chi connectivity index (χ4n) is 11.2. The Balaban J connectivity index is 0.687. The molecule has 9 rings (SSSR count). The highest BCUT2D eigenvalue weighted by molar-refractivity contribution is 6.02. The van der Waals surface area contributed by atoms with E-state index in [2.05, 4.69) is 20.6 Å². The van der Waals surface area contributed by atoms with E-state index in [1.165, 1.54) is 36.4 Å². The quantitative estimate of drug-likeness (QED) is 0.0164. The average molecular weight is 1430 g/mol. The molecule has 0 unspecified atom stereocenters. The van der Waals surface area contributed by atoms with Gasteiger partial charge in [-0.15, -0.1) is 0 Å². The third-order valence-corrected chi connectivity index (χ3v) is 16.4. The predicted molar refractivity (Wildman–Crippen MR) is 393 cm³/mol. The number of rotatable bonds is 49. The predicted octanol–water partition coefficient (Wildman–Crippen LogP) is 9.97. The lowest BCUT2D eigenvalue weighted by Crippen LogP contribution is -2.27. The van der Waals surface area contributed by atoms with Gasteiger partial charge in [-0.2, -0.15) is 0 Å². The van der Waals surface area contributed by atoms with Crippen molar-refractivity contribution in [3.63, 3.8) is 0 Å². The summed E-state index contributed by atoms with van der Waals surface area (Å²) in [6.07, 6.45) is 9.95. The van der Waals surface area contributed by atoms with Crippen molar-refractivity contribution in [2.24, 2.45) is 5.73 Å². The first-order valence-corrected chi connectivity index (χ1v) is 34.8. The van der Waals surface area contributed by atoms with E-state index in [9.17, 15) is 39.3 Å². The zero-order chi connectivity index (χ0) is 72.9. The number of hydrogen-bond donors (Lipinski definition) is 8. The van der Waals surface area contributed by atoms with Crippen LogP contribution < -0.4 is 16.4 Å². The number of hydrogen-bond acceptors (Lipinski definition) is 19. The van der Waals surface area contributed by atoms with Gasteiger partial charge in [-0.25, -0.2) is 24.4 Å². The van der Waals surface area contributed by atoms with Crippen LogP contribution in [0.3, 0.4) is 0 Å². The van der Waals surface area contributed by atoms with Crippen LogP contribution in [0.5, 0.6) is 0 Å². The highest BCUT2D eigenvalue weighted by Gasteiger charge is 2.21. The van der Waals surface area contributed by atoms with Crippen molar-refractivity contribution in [2.45, 2.75) is 25.7 Å². The minimum absolute atomic E-state index is 0.0749. The number of benzene rings is 4. The second-order valence-electron chi connectivity index (χ2n) is 23.7. The summed E-state index contributed by atoms with van der Waals surface area (Å²) in [5.41, 5.74) is 16.4. The molecule has 3 aromatic heterocycles. The maximum atomic E-state index is 13.6. The molecule has 0 fully saturated rings. The molecule has 26 nitrogen and oxygen atoms in total. The molecule has 104 heavy (non-hydrogen) atoms. The molecule has 7 aromatic rings. The van der Waals surface area contributed by atoms with Crippen molar-refractivity contribution in [2.75, 3.05) is 165 Å². The summed E-state index contributed by atoms with van der Waals surface area (Å²) in [4.78, 5) is 80.0. The van der Waals surface area contributed by atoms with Crippen LogP contribution in [0.1, 0.15) is 89.9 Å². The topological polar surface area (TPSA) is 355 Å². The summed E-state index contributed by atoms with van der Waals surface area (Å²) in [7, 11) is 0. The van der Waals surface area contributed by atoms with Crippen LogP contribution >= 0.6 is 0 Å². The van der Waals surface area contributed by atoms with Crippen molar-refractivity contribution in [3.8, 4) is 44.5 Å². The Hall–Kier alpha value is -9.65. The number of amides is 2. The molecule has 2 amide bonds. The van der Waals surface area contributed by atoms with Gasteiger partial charge >= 0.3 is 17.9 Å². The standard InChI is InChI=1S/C78H91N7O19/c79-29-32-94-34-36-96-38-40-98-42-44-100-46-48-102-50-52-104-53-51-103-49-47-101-45-43-99-41-39-97-37-35-95-33-31-80-70(86)4-2-1-3-30-81-75(87)58-13-5-54(6-14-58)71-62-21-23-64(82-62)72(55-7-15-59(16-8-55)76(88)89)66-25-27-68(84-66)74(57-11-19-61(20-12-57)78(92)93)69-28-26-67(85-69)73(65-24-22-63(71)83-65)56-9-17-60(18-10-56)77(90)91/h5-28,82,85H,1-4,29-53,79H2,(H,80,86)(H,81,87)(H,88,89)(H,90,91)(H,92,93). The van der Waals surface area contributed by atoms with Gasteiger partial charge in [0, 0.05) is 75.9 Å². The first kappa shape index (κ1) is 78.5. The number of carboxylic acids is 3. The zero-order valence-corrected chi connectivity index (χ0v) is 58.2. The van der Waals surface area contributed by atoms with E-state index in [1.807, 2.05) is 60.7 Å². The Kier molecular flexibility index (Phi) is 32.8. The molecule has 0 saturated carbocycles. The molecular weight excluding hydrogens is 1340 g/mol. The fourth-order valence-corrected chi connectivity index (χ4v) is 11.2. The fraction of sp³-hybridized carbons (Fsp3) is 0.372. The Morgan fingerprint density at radius 3 is 0.865 bits per heavy atom. The zero-order valence-electron chi connectivity index (χ0n) is 58.2. The number of carbonyl (C=O) groups is 5. The summed E-state index contributed by atoms with van der Waals surface area (Å²) < 4.78 is 60.4. The maximum absolute atomic E-state index is 13.6. The highest BCUT2D eigenvalue weighted by atomic mass is 16.6. The normalized spacial score (nSPS) is 11.7. The number of nitrogens with zero attached hydrogens (tertiary/aromatic N) is 2. The minimum Gasteiger partial charge on any atom is -0.478 e. The molecule has 552 valence electrons. The number of aromatic amines is 2. The van der Waals surface area contributed by atoms with Gasteiger partial charge < -0.3 is 93.8 Å². The number of H-pyrrole nitrogens is 2. The van der Waals surface area contributed by atoms with Gasteiger partial charge in [0.05, 0.1) is 185 Å². The van der Waals surface area contributed by atoms with Crippen LogP contribution in [-0.4, -0.2) is 230 Å². The second kappa shape index (κ2) is 43.5. The second-order valence-corrected chi connectivity index (χ2v) is 23.7. The molecule has 26 heteroatoms. The number of nitrogens with one attached hydrogen (secondary N) is 4. The lowest BCUT2D eigenvalue weighted by Gasteiger charge is -2.09. The number of carbonyl (C=O) groups excluding carboxylic acids is 2. The summed E-state index contributed by atoms with van der Waals surface area (Å²) >= 11 is 0. The van der Waals surface area contributed by atoms with Crippen LogP contribution in [0, 0.1) is 0 Å². The van der Waals surface area contributed by atoms with E-state index < -0.39 is 17.9 Å². The van der Waals surface area contributed by atoms with E-state index in [4.69, 9.17) is 67.8 Å². The lowest BCUT2D eigenvalue weighted by molar-refractivity contribution is -0.121. The number of fused-ring (bicyclic) bond motifs is 8. The molecule has 8 bridgehead atoms. The molecule has 2 aliphatic rings. The number of unbranched alkanes of at least 4 members (excludes halogenated alkanes) is 2. The van der Waals surface area contributed by atoms with Crippen LogP contribution in [-0.2, 0) is 56.9 Å². The SMILES string of the molecule is NCCOCCOCCOCCOCCOCCOCCOCCOCCOCCOCCOCCNC(=O)CCCCCNC(=O)c1ccc(-c2c3nc(c(-c4ccc(C(=O)O)cc4)c4ccc([nH]4)c(-c4ccc(C(=O)O)cc4)c4nc(c(-c5ccc(C(=O)O)cc5)c5ccc2[nH]5)C=C4)C=C3)cc1. The van der Waals surface area contributed by atoms with E-state index in [1.54, 1.807) is 48.5 Å². The van der Waals surface area contributed by atoms with Crippen molar-refractivity contribution in [3.05, 3.63) is 166 Å². The van der Waals surface area contributed by atoms with Gasteiger partial charge in [0.2, 0.25) is 5.91 Å². The first-order valence-electron chi connectivity index (χ1n) is 34.8. The van der Waals surface area contributed by atoms with Crippen LogP contribution in [0.25, 0.3) is 90.9 Å². The van der Waals surface area contributed by atoms with Crippen LogP contribution in [0.4, 0.5) is 0 Å². The lowest BCUT2D eigenvalue weighted by atomic mass is 10.0. The van der Waals surface area contributed by atoms with Crippen molar-refractivity contribution in [1.82, 2.24) is 30.6 Å². The third-order valence-electron chi connectivity index (χ3n) is 16.4. The summed E-state index contributed by atoms with van der Waals surface area (Å²) in [5, 5.41) is 35.4. The van der Waals surface area contributed by atoms with Gasteiger partial charge in [0.25, 0.3) is 5.91 Å². The molecule has 0 saturated heterocycles. The summed E-state index contributed by atoms with van der Waals surface area (Å²) in [5.74, 6) is -3.55. The Bertz CT molecular complexity index is 4070. The molecule has 0 aliphatic carbocycles. The van der Waals surface area contributed by atoms with E-state index in [0.29, 0.717) is 274 Å². The number of carboxylic acid groups (broad SMARTS) is 3. The molecule has 2 aliphatic heterocycles. The molecule has 4 aromatic carbocycles. The highest BCUT2D eigenvalue weighted by Crippen LogP contribution is 2.39. The summed E-state index contributed by atoms with van der Waals surface area (Å²) in [6, 6.07) is 34.5. The van der Waals surface area contributed by atoms with Gasteiger partial charge in [-0.1, -0.05) is 55.0 Å². The van der Waals surface area contributed by atoms with E-state index in [-0.39, 0.29) is 28.5 Å². The van der Waals surface area contributed by atoms with Gasteiger partial charge in [0.15, 0.2) is 0 Å². The molecular formula is C78H91N7O19. The van der Waals surface area contributed by atoms with E-state index >= 15 is 0 Å². The van der Waals surface area contributed by atoms with Gasteiger partial charge in [-0.3, -0.25) is 9.59 Å². The largest absolute Gasteiger partial charge is 0.478 e. The monoisotopic (exact) mass is 1430 g/mol. The molecule has 0 atom stereocenters.